The summed E-state index contributed by atoms with van der Waals surface area (Å²) in [4.78, 5) is 0. The molecule has 1 atom stereocenters. The van der Waals surface area contributed by atoms with Gasteiger partial charge in [-0.05, 0) is 24.7 Å². The van der Waals surface area contributed by atoms with Crippen molar-refractivity contribution in [1.82, 2.24) is 5.32 Å². The first kappa shape index (κ1) is 14.9. The third kappa shape index (κ3) is 10.2. The van der Waals surface area contributed by atoms with E-state index in [0.29, 0.717) is 17.4 Å². The van der Waals surface area contributed by atoms with Gasteiger partial charge < -0.3 is 10.1 Å². The second-order valence-electron chi connectivity index (χ2n) is 5.91. The molecule has 0 aromatic rings. The Balaban J connectivity index is 3.26. The summed E-state index contributed by atoms with van der Waals surface area (Å²) in [6.45, 7) is 16.1. The highest BCUT2D eigenvalue weighted by Gasteiger charge is 2.09. The van der Waals surface area contributed by atoms with Crippen LogP contribution in [0.15, 0.2) is 0 Å². The molecule has 0 rings (SSSR count). The lowest BCUT2D eigenvalue weighted by atomic mass is 9.93. The SMILES string of the molecule is CC(C)C(C)NCCOCCC(C)(C)C. The molecular weight excluding hydrogens is 186 g/mol. The van der Waals surface area contributed by atoms with Crippen molar-refractivity contribution >= 4 is 0 Å². The molecule has 1 N–H and O–H groups in total. The van der Waals surface area contributed by atoms with Crippen LogP contribution in [-0.2, 0) is 4.74 Å². The zero-order valence-electron chi connectivity index (χ0n) is 11.4. The van der Waals surface area contributed by atoms with Gasteiger partial charge in [-0.3, -0.25) is 0 Å². The molecule has 0 amide bonds. The van der Waals surface area contributed by atoms with Crippen LogP contribution in [-0.4, -0.2) is 25.8 Å². The molecule has 0 aliphatic rings. The first-order valence-corrected chi connectivity index (χ1v) is 6.14. The molecule has 2 nitrogen and oxygen atoms in total. The molecule has 2 heteroatoms. The van der Waals surface area contributed by atoms with Crippen LogP contribution in [0.25, 0.3) is 0 Å². The van der Waals surface area contributed by atoms with Crippen molar-refractivity contribution in [2.75, 3.05) is 19.8 Å². The lowest BCUT2D eigenvalue weighted by Crippen LogP contribution is -2.33. The van der Waals surface area contributed by atoms with Crippen molar-refractivity contribution in [3.05, 3.63) is 0 Å². The second-order valence-corrected chi connectivity index (χ2v) is 5.91. The molecule has 0 saturated carbocycles. The van der Waals surface area contributed by atoms with E-state index < -0.39 is 0 Å². The molecule has 0 aromatic carbocycles. The average molecular weight is 215 g/mol. The van der Waals surface area contributed by atoms with Crippen molar-refractivity contribution in [3.63, 3.8) is 0 Å². The van der Waals surface area contributed by atoms with Crippen LogP contribution in [0.1, 0.15) is 48.0 Å². The number of ether oxygens (including phenoxy) is 1. The van der Waals surface area contributed by atoms with E-state index in [4.69, 9.17) is 4.74 Å². The Bertz CT molecular complexity index is 149. The molecule has 0 aliphatic carbocycles. The maximum absolute atomic E-state index is 5.58. The van der Waals surface area contributed by atoms with Gasteiger partial charge in [0.1, 0.15) is 0 Å². The van der Waals surface area contributed by atoms with Crippen LogP contribution in [0, 0.1) is 11.3 Å². The average Bonchev–Trinajstić information content (AvgIpc) is 2.08. The fourth-order valence-corrected chi connectivity index (χ4v) is 1.07. The lowest BCUT2D eigenvalue weighted by Gasteiger charge is -2.19. The molecule has 0 spiro atoms. The van der Waals surface area contributed by atoms with Gasteiger partial charge in [-0.1, -0.05) is 34.6 Å². The molecule has 15 heavy (non-hydrogen) atoms. The van der Waals surface area contributed by atoms with Crippen LogP contribution < -0.4 is 5.32 Å². The third-order valence-electron chi connectivity index (χ3n) is 2.71. The Hall–Kier alpha value is -0.0800. The van der Waals surface area contributed by atoms with Gasteiger partial charge in [0, 0.05) is 19.2 Å². The highest BCUT2D eigenvalue weighted by Crippen LogP contribution is 2.17. The maximum atomic E-state index is 5.58. The molecule has 0 heterocycles. The van der Waals surface area contributed by atoms with Gasteiger partial charge >= 0.3 is 0 Å². The lowest BCUT2D eigenvalue weighted by molar-refractivity contribution is 0.107. The zero-order chi connectivity index (χ0) is 11.9. The van der Waals surface area contributed by atoms with Crippen LogP contribution in [0.2, 0.25) is 0 Å². The van der Waals surface area contributed by atoms with Crippen LogP contribution in [0.5, 0.6) is 0 Å². The van der Waals surface area contributed by atoms with Crippen molar-refractivity contribution in [2.45, 2.75) is 54.0 Å². The highest BCUT2D eigenvalue weighted by molar-refractivity contribution is 4.64. The van der Waals surface area contributed by atoms with Crippen molar-refractivity contribution in [2.24, 2.45) is 11.3 Å². The number of rotatable bonds is 7. The van der Waals surface area contributed by atoms with E-state index in [1.54, 1.807) is 0 Å². The fraction of sp³-hybridized carbons (Fsp3) is 1.00. The van der Waals surface area contributed by atoms with E-state index in [1.165, 1.54) is 0 Å². The Labute approximate surface area is 95.8 Å². The monoisotopic (exact) mass is 215 g/mol. The Morgan fingerprint density at radius 3 is 2.13 bits per heavy atom. The number of hydrogen-bond acceptors (Lipinski definition) is 2. The summed E-state index contributed by atoms with van der Waals surface area (Å²) in [5.41, 5.74) is 0.388. The molecular formula is C13H29NO. The van der Waals surface area contributed by atoms with Gasteiger partial charge in [-0.25, -0.2) is 0 Å². The minimum absolute atomic E-state index is 0.388. The van der Waals surface area contributed by atoms with Gasteiger partial charge in [0.15, 0.2) is 0 Å². The number of nitrogens with one attached hydrogen (secondary N) is 1. The maximum Gasteiger partial charge on any atom is 0.0591 e. The summed E-state index contributed by atoms with van der Waals surface area (Å²) < 4.78 is 5.58. The predicted molar refractivity (Wildman–Crippen MR) is 67.2 cm³/mol. The Kier molecular flexibility index (Phi) is 7.20. The van der Waals surface area contributed by atoms with E-state index in [-0.39, 0.29) is 0 Å². The summed E-state index contributed by atoms with van der Waals surface area (Å²) in [6.07, 6.45) is 1.13. The fourth-order valence-electron chi connectivity index (χ4n) is 1.07. The van der Waals surface area contributed by atoms with E-state index in [9.17, 15) is 0 Å². The van der Waals surface area contributed by atoms with Gasteiger partial charge in [-0.2, -0.15) is 0 Å². The first-order valence-electron chi connectivity index (χ1n) is 6.14. The molecule has 0 aliphatic heterocycles. The summed E-state index contributed by atoms with van der Waals surface area (Å²) >= 11 is 0. The molecule has 0 aromatic heterocycles. The predicted octanol–water partition coefficient (Wildman–Crippen LogP) is 3.07. The molecule has 1 unspecified atom stereocenters. The third-order valence-corrected chi connectivity index (χ3v) is 2.71. The van der Waals surface area contributed by atoms with E-state index in [2.05, 4.69) is 46.9 Å². The molecule has 92 valence electrons. The van der Waals surface area contributed by atoms with Crippen LogP contribution in [0.4, 0.5) is 0 Å². The van der Waals surface area contributed by atoms with Gasteiger partial charge in [0.25, 0.3) is 0 Å². The summed E-state index contributed by atoms with van der Waals surface area (Å²) in [7, 11) is 0. The molecule has 0 bridgehead atoms. The van der Waals surface area contributed by atoms with Crippen LogP contribution in [0.3, 0.4) is 0 Å². The van der Waals surface area contributed by atoms with Gasteiger partial charge in [-0.15, -0.1) is 0 Å². The second kappa shape index (κ2) is 7.24. The molecule has 0 fully saturated rings. The van der Waals surface area contributed by atoms with E-state index in [0.717, 1.165) is 26.2 Å². The van der Waals surface area contributed by atoms with Crippen LogP contribution >= 0.6 is 0 Å². The van der Waals surface area contributed by atoms with Crippen molar-refractivity contribution in [1.29, 1.82) is 0 Å². The summed E-state index contributed by atoms with van der Waals surface area (Å²) in [6, 6.07) is 0.580. The van der Waals surface area contributed by atoms with Gasteiger partial charge in [0.2, 0.25) is 0 Å². The minimum Gasteiger partial charge on any atom is -0.380 e. The highest BCUT2D eigenvalue weighted by atomic mass is 16.5. The summed E-state index contributed by atoms with van der Waals surface area (Å²) in [5.74, 6) is 0.694. The van der Waals surface area contributed by atoms with Gasteiger partial charge in [0.05, 0.1) is 6.61 Å². The normalized spacial score (nSPS) is 14.6. The Morgan fingerprint density at radius 2 is 1.67 bits per heavy atom. The smallest absolute Gasteiger partial charge is 0.0591 e. The topological polar surface area (TPSA) is 21.3 Å². The Morgan fingerprint density at radius 1 is 1.07 bits per heavy atom. The number of hydrogen-bond donors (Lipinski definition) is 1. The molecule has 0 radical (unpaired) electrons. The van der Waals surface area contributed by atoms with E-state index in [1.807, 2.05) is 0 Å². The van der Waals surface area contributed by atoms with E-state index >= 15 is 0 Å². The summed E-state index contributed by atoms with van der Waals surface area (Å²) in [5, 5.41) is 3.45. The van der Waals surface area contributed by atoms with Crippen molar-refractivity contribution < 1.29 is 4.74 Å². The quantitative estimate of drug-likeness (QED) is 0.659. The molecule has 0 saturated heterocycles. The van der Waals surface area contributed by atoms with Crippen molar-refractivity contribution in [3.8, 4) is 0 Å². The minimum atomic E-state index is 0.388. The largest absolute Gasteiger partial charge is 0.380 e. The zero-order valence-corrected chi connectivity index (χ0v) is 11.4. The standard InChI is InChI=1S/C13H29NO/c1-11(2)12(3)14-8-10-15-9-7-13(4,5)6/h11-12,14H,7-10H2,1-6H3. The first-order chi connectivity index (χ1) is 6.83.